The Labute approximate surface area is 572 Å². The van der Waals surface area contributed by atoms with Crippen LogP contribution in [0.15, 0.2) is 85.1 Å². The fourth-order valence-corrected chi connectivity index (χ4v) is 10.6. The third-order valence-corrected chi connectivity index (χ3v) is 15.8. The highest BCUT2D eigenvalue weighted by Gasteiger charge is 2.37. The van der Waals surface area contributed by atoms with Crippen LogP contribution in [0, 0.1) is 0 Å². The molecule has 99 heavy (non-hydrogen) atoms. The summed E-state index contributed by atoms with van der Waals surface area (Å²) in [6.45, 7) is 6.46. The van der Waals surface area contributed by atoms with Gasteiger partial charge in [0.2, 0.25) is 70.9 Å². The molecule has 3 aromatic carbocycles. The Bertz CT molecular complexity index is 3620. The summed E-state index contributed by atoms with van der Waals surface area (Å²) in [6, 6.07) is 4.78. The maximum atomic E-state index is 14.5. The van der Waals surface area contributed by atoms with E-state index >= 15 is 0 Å². The van der Waals surface area contributed by atoms with Crippen LogP contribution in [0.25, 0.3) is 10.9 Å². The lowest BCUT2D eigenvalue weighted by Gasteiger charge is -2.27. The third kappa shape index (κ3) is 28.8. The van der Waals surface area contributed by atoms with Gasteiger partial charge in [0.15, 0.2) is 0 Å². The first kappa shape index (κ1) is 81.2. The number of aliphatic hydroxyl groups is 1. The van der Waals surface area contributed by atoms with Crippen molar-refractivity contribution in [1.82, 2.24) is 63.5 Å². The van der Waals surface area contributed by atoms with E-state index in [-0.39, 0.29) is 43.4 Å². The number of carbonyl (C=O) groups is 14. The van der Waals surface area contributed by atoms with E-state index in [9.17, 15) is 90.9 Å². The minimum atomic E-state index is -5.02. The Balaban J connectivity index is 0.00000401. The molecule has 1 saturated heterocycles. The molecular weight excluding hydrogens is 1340 g/mol. The number of nitrogens with one attached hydrogen (secondary N) is 12. The Morgan fingerprint density at radius 2 is 1.13 bits per heavy atom. The normalized spacial score (nSPS) is 15.3. The van der Waals surface area contributed by atoms with Gasteiger partial charge in [0.1, 0.15) is 60.1 Å². The number of rotatable bonds is 40. The van der Waals surface area contributed by atoms with Crippen molar-refractivity contribution in [2.45, 2.75) is 145 Å². The van der Waals surface area contributed by atoms with E-state index in [0.717, 1.165) is 32.1 Å². The standard InChI is InChI=1S/C58H73N13O21S2.C4H11N/c1-29(72)49(71-57(87)40(23-31-12-14-33(15-13-31)92-94(89,90)91)68-56(86)43(26-48(78)79)69-52(82)37(16-18-44(59)73)65-51(81)36-17-19-45(74)63-36)58(88)62-28-46(75)64-41(24-32-27-61-35-11-7-6-10-34(32)35)54(84)66-38(20-21-93-2)53(83)70-42(25-47(76)77)55(85)67-39(50(60)80)22-30-8-4-3-5-9-30;1-3-5-4-2/h3-15,27,29,36-43,49,61,72H,16-26,28H2,1-2H3,(H2,59,73)(H2,60,80)(H,62,88)(H,63,74)(H,64,75)(H,65,81)(H,66,84)(H,67,85)(H,68,86)(H,69,82)(H,70,83)(H,71,87)(H,76,77)(H,78,79)(H,89,90,91);5H,3-4H2,1-2H3/t29-,36+,37+,38+,39+,40+,41+,42+,43+,49+;/m1./s1. The summed E-state index contributed by atoms with van der Waals surface area (Å²) in [7, 11) is -5.02. The Hall–Kier alpha value is -10.2. The number of H-pyrrole nitrogens is 1. The van der Waals surface area contributed by atoms with E-state index in [1.165, 1.54) is 23.9 Å². The maximum Gasteiger partial charge on any atom is 0.446 e. The van der Waals surface area contributed by atoms with E-state index in [1.54, 1.807) is 67.0 Å². The van der Waals surface area contributed by atoms with Crippen LogP contribution in [-0.2, 0) is 96.8 Å². The number of fused-ring (bicyclic) bond motifs is 1. The van der Waals surface area contributed by atoms with Gasteiger partial charge in [0.05, 0.1) is 25.5 Å². The highest BCUT2D eigenvalue weighted by Crippen LogP contribution is 2.21. The largest absolute Gasteiger partial charge is 0.481 e. The molecule has 1 aliphatic heterocycles. The van der Waals surface area contributed by atoms with Crippen molar-refractivity contribution >= 4 is 116 Å². The van der Waals surface area contributed by atoms with Crippen LogP contribution in [0.2, 0.25) is 0 Å². The molecule has 2 heterocycles. The molecule has 10 atom stereocenters. The van der Waals surface area contributed by atoms with E-state index in [0.29, 0.717) is 22.0 Å². The van der Waals surface area contributed by atoms with Gasteiger partial charge in [-0.3, -0.25) is 71.7 Å². The Kier molecular flexibility index (Phi) is 33.2. The van der Waals surface area contributed by atoms with Crippen molar-refractivity contribution < 1.29 is 99.6 Å². The molecule has 0 saturated carbocycles. The van der Waals surface area contributed by atoms with Gasteiger partial charge in [0, 0.05) is 49.2 Å². The number of benzene rings is 3. The zero-order chi connectivity index (χ0) is 73.5. The van der Waals surface area contributed by atoms with Crippen LogP contribution in [0.5, 0.6) is 5.75 Å². The molecule has 20 N–H and O–H groups in total. The molecule has 0 spiro atoms. The highest BCUT2D eigenvalue weighted by atomic mass is 32.3. The number of carbonyl (C=O) groups excluding carboxylic acids is 12. The van der Waals surface area contributed by atoms with Gasteiger partial charge in [-0.2, -0.15) is 20.2 Å². The van der Waals surface area contributed by atoms with E-state index in [4.69, 9.17) is 16.0 Å². The number of amides is 12. The predicted molar refractivity (Wildman–Crippen MR) is 355 cm³/mol. The number of para-hydroxylation sites is 1. The summed E-state index contributed by atoms with van der Waals surface area (Å²) < 4.78 is 36.4. The van der Waals surface area contributed by atoms with Gasteiger partial charge in [-0.1, -0.05) is 74.5 Å². The second-order valence-corrected chi connectivity index (χ2v) is 24.6. The average Bonchev–Trinajstić information content (AvgIpc) is 1.74. The zero-order valence-corrected chi connectivity index (χ0v) is 56.1. The summed E-state index contributed by atoms with van der Waals surface area (Å²) in [5.41, 5.74) is 12.6. The number of carboxylic acids is 2. The van der Waals surface area contributed by atoms with Gasteiger partial charge >= 0.3 is 22.3 Å². The van der Waals surface area contributed by atoms with Crippen LogP contribution >= 0.6 is 11.8 Å². The van der Waals surface area contributed by atoms with Crippen LogP contribution in [0.3, 0.4) is 0 Å². The lowest BCUT2D eigenvalue weighted by molar-refractivity contribution is -0.142. The first-order valence-corrected chi connectivity index (χ1v) is 33.8. The van der Waals surface area contributed by atoms with Gasteiger partial charge in [-0.25, -0.2) is 0 Å². The third-order valence-electron chi connectivity index (χ3n) is 14.8. The van der Waals surface area contributed by atoms with E-state index < -0.39 is 198 Å². The van der Waals surface area contributed by atoms with Crippen molar-refractivity contribution in [2.75, 3.05) is 31.6 Å². The number of hydrogen-bond donors (Lipinski definition) is 18. The smallest absolute Gasteiger partial charge is 0.446 e. The molecule has 35 nitrogen and oxygen atoms in total. The molecule has 1 aromatic heterocycles. The fraction of sp³-hybridized carbons (Fsp3) is 0.452. The number of nitrogens with two attached hydrogens (primary N) is 2. The summed E-state index contributed by atoms with van der Waals surface area (Å²) >= 11 is 1.26. The molecule has 12 amide bonds. The van der Waals surface area contributed by atoms with E-state index in [2.05, 4.69) is 81.5 Å². The number of aliphatic hydroxyl groups excluding tert-OH is 1. The zero-order valence-electron chi connectivity index (χ0n) is 54.5. The lowest BCUT2D eigenvalue weighted by Crippen LogP contribution is -2.61. The summed E-state index contributed by atoms with van der Waals surface area (Å²) in [5, 5.41) is 57.7. The number of aliphatic carboxylic acids is 2. The summed E-state index contributed by atoms with van der Waals surface area (Å²) in [6.07, 6.45) is -2.72. The molecule has 0 unspecified atom stereocenters. The molecule has 0 radical (unpaired) electrons. The second-order valence-electron chi connectivity index (χ2n) is 22.5. The molecule has 5 rings (SSSR count). The molecule has 540 valence electrons. The van der Waals surface area contributed by atoms with Crippen LogP contribution < -0.4 is 74.1 Å². The first-order chi connectivity index (χ1) is 46.8. The first-order valence-electron chi connectivity index (χ1n) is 31.0. The van der Waals surface area contributed by atoms with Crippen LogP contribution in [0.1, 0.15) is 82.4 Å². The topological polar surface area (TPSA) is 563 Å². The molecule has 0 aliphatic carbocycles. The Morgan fingerprint density at radius 3 is 1.66 bits per heavy atom. The van der Waals surface area contributed by atoms with Gasteiger partial charge < -0.3 is 94.4 Å². The number of carboxylic acid groups (broad SMARTS) is 2. The second kappa shape index (κ2) is 40.5. The van der Waals surface area contributed by atoms with Crippen molar-refractivity contribution in [3.05, 3.63) is 102 Å². The van der Waals surface area contributed by atoms with Crippen molar-refractivity contribution in [2.24, 2.45) is 11.5 Å². The van der Waals surface area contributed by atoms with Crippen LogP contribution in [0.4, 0.5) is 0 Å². The quantitative estimate of drug-likeness (QED) is 0.0189. The molecule has 1 fully saturated rings. The number of primary amides is 2. The number of aromatic amines is 1. The molecule has 37 heteroatoms. The van der Waals surface area contributed by atoms with Gasteiger partial charge in [-0.05, 0) is 86.2 Å². The SMILES string of the molecule is CCNCC.CSCC[C@H](NC(=O)[C@H](Cc1c[nH]c2ccccc12)NC(=O)CNC(=O)[C@@H](NC(=O)[C@H](Cc1ccc(OS(=O)(=O)O)cc1)NC(=O)[C@H](CC(=O)O)NC(=O)[C@H](CCC(N)=O)NC(=O)[C@@H]1CCC(=O)N1)[C@@H](C)O)C(=O)N[C@@H](CC(=O)O)C(=O)N[C@@H](Cc1ccccc1)C(N)=O. The van der Waals surface area contributed by atoms with E-state index in [1.807, 2.05) is 0 Å². The predicted octanol–water partition coefficient (Wildman–Crippen LogP) is -3.90. The molecule has 0 bridgehead atoms. The number of aromatic nitrogens is 1. The maximum absolute atomic E-state index is 14.5. The van der Waals surface area contributed by atoms with Gasteiger partial charge in [-0.15, -0.1) is 0 Å². The van der Waals surface area contributed by atoms with Crippen LogP contribution in [-0.4, -0.2) is 208 Å². The highest BCUT2D eigenvalue weighted by molar-refractivity contribution is 7.98. The molecular formula is C62H84N14O21S2. The van der Waals surface area contributed by atoms with Crippen molar-refractivity contribution in [3.8, 4) is 5.75 Å². The van der Waals surface area contributed by atoms with Crippen molar-refractivity contribution in [3.63, 3.8) is 0 Å². The Morgan fingerprint density at radius 1 is 0.626 bits per heavy atom. The lowest BCUT2D eigenvalue weighted by atomic mass is 10.0. The summed E-state index contributed by atoms with van der Waals surface area (Å²) in [4.78, 5) is 188. The fourth-order valence-electron chi connectivity index (χ4n) is 9.75. The number of hydrogen-bond acceptors (Lipinski definition) is 20. The number of thioether (sulfide) groups is 1. The minimum Gasteiger partial charge on any atom is -0.481 e. The molecule has 4 aromatic rings. The minimum absolute atomic E-state index is 0.0226. The van der Waals surface area contributed by atoms with Crippen molar-refractivity contribution in [1.29, 1.82) is 0 Å². The monoisotopic (exact) mass is 1420 g/mol. The molecule has 1 aliphatic rings. The van der Waals surface area contributed by atoms with Gasteiger partial charge in [0.25, 0.3) is 0 Å². The average molecular weight is 1430 g/mol. The summed E-state index contributed by atoms with van der Waals surface area (Å²) in [5.74, 6) is -15.9.